The van der Waals surface area contributed by atoms with Crippen molar-refractivity contribution in [3.63, 3.8) is 0 Å². The second-order valence-corrected chi connectivity index (χ2v) is 4.59. The fraction of sp³-hybridized carbons (Fsp3) is 0.615. The van der Waals surface area contributed by atoms with Gasteiger partial charge in [0.2, 0.25) is 0 Å². The Morgan fingerprint density at radius 1 is 1.25 bits per heavy atom. The maximum atomic E-state index is 4.40. The normalized spacial score (nSPS) is 25.4. The summed E-state index contributed by atoms with van der Waals surface area (Å²) in [6, 6.07) is 7.48. The van der Waals surface area contributed by atoms with Gasteiger partial charge in [-0.15, -0.1) is 0 Å². The van der Waals surface area contributed by atoms with Gasteiger partial charge < -0.3 is 10.2 Å². The summed E-state index contributed by atoms with van der Waals surface area (Å²) in [5.74, 6) is 1.09. The molecule has 1 aliphatic rings. The van der Waals surface area contributed by atoms with Crippen molar-refractivity contribution in [2.24, 2.45) is 0 Å². The standard InChI is InChI=1S/C13H21N3/c1-14-11-6-8-12(9-7-11)16(2)13-5-3-4-10-15-13/h3-5,10-12,14H,6-9H2,1-2H3. The molecule has 0 saturated heterocycles. The number of nitrogens with zero attached hydrogens (tertiary/aromatic N) is 2. The third-order valence-electron chi connectivity index (χ3n) is 3.66. The van der Waals surface area contributed by atoms with Crippen LogP contribution < -0.4 is 10.2 Å². The smallest absolute Gasteiger partial charge is 0.128 e. The molecule has 1 aliphatic carbocycles. The molecule has 1 N–H and O–H groups in total. The van der Waals surface area contributed by atoms with E-state index in [9.17, 15) is 0 Å². The number of hydrogen-bond donors (Lipinski definition) is 1. The Morgan fingerprint density at radius 3 is 2.56 bits per heavy atom. The molecule has 88 valence electrons. The lowest BCUT2D eigenvalue weighted by molar-refractivity contribution is 0.350. The molecular formula is C13H21N3. The third kappa shape index (κ3) is 2.53. The van der Waals surface area contributed by atoms with Crippen molar-refractivity contribution >= 4 is 5.82 Å². The molecular weight excluding hydrogens is 198 g/mol. The molecule has 0 atom stereocenters. The highest BCUT2D eigenvalue weighted by Gasteiger charge is 2.23. The van der Waals surface area contributed by atoms with Crippen LogP contribution in [0.1, 0.15) is 25.7 Å². The van der Waals surface area contributed by atoms with Crippen molar-refractivity contribution in [1.29, 1.82) is 0 Å². The van der Waals surface area contributed by atoms with Gasteiger partial charge in [0.15, 0.2) is 0 Å². The summed E-state index contributed by atoms with van der Waals surface area (Å²) in [5.41, 5.74) is 0. The van der Waals surface area contributed by atoms with Gasteiger partial charge in [-0.3, -0.25) is 0 Å². The lowest BCUT2D eigenvalue weighted by Crippen LogP contribution is -2.40. The zero-order valence-electron chi connectivity index (χ0n) is 10.2. The van der Waals surface area contributed by atoms with Crippen molar-refractivity contribution in [2.45, 2.75) is 37.8 Å². The van der Waals surface area contributed by atoms with Crippen molar-refractivity contribution < 1.29 is 0 Å². The Kier molecular flexibility index (Phi) is 3.78. The number of rotatable bonds is 3. The maximum Gasteiger partial charge on any atom is 0.128 e. The number of hydrogen-bond acceptors (Lipinski definition) is 3. The molecule has 16 heavy (non-hydrogen) atoms. The molecule has 0 unspecified atom stereocenters. The highest BCUT2D eigenvalue weighted by Crippen LogP contribution is 2.24. The molecule has 0 radical (unpaired) electrons. The zero-order chi connectivity index (χ0) is 11.4. The minimum atomic E-state index is 0.652. The third-order valence-corrected chi connectivity index (χ3v) is 3.66. The fourth-order valence-corrected chi connectivity index (χ4v) is 2.50. The summed E-state index contributed by atoms with van der Waals surface area (Å²) >= 11 is 0. The Hall–Kier alpha value is -1.09. The van der Waals surface area contributed by atoms with Crippen LogP contribution in [0.5, 0.6) is 0 Å². The van der Waals surface area contributed by atoms with Crippen LogP contribution in [0.3, 0.4) is 0 Å². The fourth-order valence-electron chi connectivity index (χ4n) is 2.50. The van der Waals surface area contributed by atoms with E-state index in [1.807, 2.05) is 12.3 Å². The quantitative estimate of drug-likeness (QED) is 0.843. The Morgan fingerprint density at radius 2 is 2.00 bits per heavy atom. The first-order valence-electron chi connectivity index (χ1n) is 6.12. The van der Waals surface area contributed by atoms with Crippen LogP contribution in [-0.4, -0.2) is 31.2 Å². The summed E-state index contributed by atoms with van der Waals surface area (Å²) in [6.07, 6.45) is 6.94. The minimum Gasteiger partial charge on any atom is -0.357 e. The SMILES string of the molecule is CNC1CCC(N(C)c2ccccn2)CC1. The molecule has 2 rings (SSSR count). The summed E-state index contributed by atoms with van der Waals surface area (Å²) in [6.45, 7) is 0. The average molecular weight is 219 g/mol. The van der Waals surface area contributed by atoms with Gasteiger partial charge in [0.25, 0.3) is 0 Å². The monoisotopic (exact) mass is 219 g/mol. The molecule has 0 aromatic carbocycles. The van der Waals surface area contributed by atoms with Gasteiger partial charge in [-0.05, 0) is 44.9 Å². The van der Waals surface area contributed by atoms with E-state index in [0.717, 1.165) is 5.82 Å². The van der Waals surface area contributed by atoms with Gasteiger partial charge in [0.1, 0.15) is 5.82 Å². The van der Waals surface area contributed by atoms with E-state index in [-0.39, 0.29) is 0 Å². The van der Waals surface area contributed by atoms with Crippen LogP contribution in [0.25, 0.3) is 0 Å². The van der Waals surface area contributed by atoms with Gasteiger partial charge >= 0.3 is 0 Å². The predicted molar refractivity (Wildman–Crippen MR) is 67.7 cm³/mol. The molecule has 1 heterocycles. The van der Waals surface area contributed by atoms with E-state index in [0.29, 0.717) is 12.1 Å². The lowest BCUT2D eigenvalue weighted by atomic mass is 9.90. The summed E-state index contributed by atoms with van der Waals surface area (Å²) in [5, 5.41) is 3.37. The van der Waals surface area contributed by atoms with Gasteiger partial charge in [0, 0.05) is 25.3 Å². The summed E-state index contributed by atoms with van der Waals surface area (Å²) in [7, 11) is 4.22. The van der Waals surface area contributed by atoms with Crippen LogP contribution >= 0.6 is 0 Å². The van der Waals surface area contributed by atoms with E-state index in [1.165, 1.54) is 25.7 Å². The molecule has 3 heteroatoms. The first-order chi connectivity index (χ1) is 7.81. The van der Waals surface area contributed by atoms with Crippen molar-refractivity contribution in [1.82, 2.24) is 10.3 Å². The molecule has 0 spiro atoms. The molecule has 3 nitrogen and oxygen atoms in total. The summed E-state index contributed by atoms with van der Waals surface area (Å²) < 4.78 is 0. The molecule has 1 saturated carbocycles. The maximum absolute atomic E-state index is 4.40. The van der Waals surface area contributed by atoms with E-state index >= 15 is 0 Å². The van der Waals surface area contributed by atoms with Crippen LogP contribution in [0, 0.1) is 0 Å². The van der Waals surface area contributed by atoms with E-state index in [1.54, 1.807) is 0 Å². The van der Waals surface area contributed by atoms with Gasteiger partial charge in [-0.25, -0.2) is 4.98 Å². The predicted octanol–water partition coefficient (Wildman–Crippen LogP) is 2.05. The van der Waals surface area contributed by atoms with E-state index in [4.69, 9.17) is 0 Å². The molecule has 0 aliphatic heterocycles. The van der Waals surface area contributed by atoms with Crippen LogP contribution in [0.4, 0.5) is 5.82 Å². The van der Waals surface area contributed by atoms with Gasteiger partial charge in [0.05, 0.1) is 0 Å². The number of aromatic nitrogens is 1. The largest absolute Gasteiger partial charge is 0.357 e. The highest BCUT2D eigenvalue weighted by molar-refractivity contribution is 5.37. The van der Waals surface area contributed by atoms with Crippen LogP contribution in [-0.2, 0) is 0 Å². The molecule has 1 aromatic heterocycles. The second-order valence-electron chi connectivity index (χ2n) is 4.59. The minimum absolute atomic E-state index is 0.652. The average Bonchev–Trinajstić information content (AvgIpc) is 2.39. The summed E-state index contributed by atoms with van der Waals surface area (Å²) in [4.78, 5) is 6.73. The van der Waals surface area contributed by atoms with Crippen LogP contribution in [0.15, 0.2) is 24.4 Å². The van der Waals surface area contributed by atoms with Crippen molar-refractivity contribution in [2.75, 3.05) is 19.0 Å². The van der Waals surface area contributed by atoms with Gasteiger partial charge in [-0.2, -0.15) is 0 Å². The first kappa shape index (κ1) is 11.4. The number of anilines is 1. The first-order valence-corrected chi connectivity index (χ1v) is 6.12. The second kappa shape index (κ2) is 5.30. The number of pyridine rings is 1. The van der Waals surface area contributed by atoms with Crippen molar-refractivity contribution in [3.05, 3.63) is 24.4 Å². The lowest BCUT2D eigenvalue weighted by Gasteiger charge is -2.35. The molecule has 0 bridgehead atoms. The molecule has 0 amide bonds. The van der Waals surface area contributed by atoms with E-state index in [2.05, 4.69) is 41.4 Å². The molecule has 1 fully saturated rings. The topological polar surface area (TPSA) is 28.2 Å². The van der Waals surface area contributed by atoms with Crippen LogP contribution in [0.2, 0.25) is 0 Å². The van der Waals surface area contributed by atoms with Crippen molar-refractivity contribution in [3.8, 4) is 0 Å². The Balaban J connectivity index is 1.94. The van der Waals surface area contributed by atoms with E-state index < -0.39 is 0 Å². The number of nitrogens with one attached hydrogen (secondary N) is 1. The van der Waals surface area contributed by atoms with Gasteiger partial charge in [-0.1, -0.05) is 6.07 Å². The Labute approximate surface area is 97.9 Å². The molecule has 1 aromatic rings. The Bertz CT molecular complexity index is 304. The highest BCUT2D eigenvalue weighted by atomic mass is 15.2. The zero-order valence-corrected chi connectivity index (χ0v) is 10.2.